The predicted molar refractivity (Wildman–Crippen MR) is 110 cm³/mol. The number of hydrogen-bond acceptors (Lipinski definition) is 5. The lowest BCUT2D eigenvalue weighted by atomic mass is 10.1. The molecule has 3 aliphatic rings. The van der Waals surface area contributed by atoms with E-state index in [1.165, 1.54) is 12.8 Å². The zero-order valence-electron chi connectivity index (χ0n) is 17.6. The second-order valence-corrected chi connectivity index (χ2v) is 8.65. The van der Waals surface area contributed by atoms with Crippen molar-refractivity contribution < 1.29 is 18.8 Å². The van der Waals surface area contributed by atoms with E-state index in [9.17, 15) is 14.4 Å². The largest absolute Gasteiger partial charge is 0.467 e. The van der Waals surface area contributed by atoms with Gasteiger partial charge >= 0.3 is 0 Å². The Morgan fingerprint density at radius 3 is 2.37 bits per heavy atom. The first-order valence-electron chi connectivity index (χ1n) is 11.2. The number of carbonyl (C=O) groups excluding carboxylic acids is 3. The number of carbonyl (C=O) groups is 3. The number of nitrogens with zero attached hydrogens (tertiary/aromatic N) is 4. The molecule has 164 valence electrons. The Morgan fingerprint density at radius 1 is 0.967 bits per heavy atom. The van der Waals surface area contributed by atoms with Crippen molar-refractivity contribution in [2.45, 2.75) is 38.6 Å². The van der Waals surface area contributed by atoms with E-state index in [-0.39, 0.29) is 30.1 Å². The summed E-state index contributed by atoms with van der Waals surface area (Å²) in [6, 6.07) is 3.64. The molecule has 3 saturated heterocycles. The van der Waals surface area contributed by atoms with Gasteiger partial charge in [0, 0.05) is 52.2 Å². The molecule has 0 aromatic carbocycles. The lowest BCUT2D eigenvalue weighted by Gasteiger charge is -2.36. The Balaban J connectivity index is 1.22. The fourth-order valence-electron chi connectivity index (χ4n) is 4.68. The maximum Gasteiger partial charge on any atom is 0.236 e. The van der Waals surface area contributed by atoms with E-state index in [1.807, 2.05) is 15.9 Å². The van der Waals surface area contributed by atoms with E-state index in [2.05, 4.69) is 4.90 Å². The molecule has 1 unspecified atom stereocenters. The molecule has 0 bridgehead atoms. The van der Waals surface area contributed by atoms with Gasteiger partial charge in [-0.05, 0) is 25.0 Å². The molecule has 4 rings (SSSR count). The highest BCUT2D eigenvalue weighted by Gasteiger charge is 2.37. The molecule has 1 aromatic heterocycles. The van der Waals surface area contributed by atoms with E-state index < -0.39 is 0 Å². The van der Waals surface area contributed by atoms with Crippen molar-refractivity contribution in [2.75, 3.05) is 52.4 Å². The number of furan rings is 1. The van der Waals surface area contributed by atoms with Crippen LogP contribution in [0.2, 0.25) is 0 Å². The van der Waals surface area contributed by atoms with Crippen LogP contribution in [0.5, 0.6) is 0 Å². The molecule has 8 heteroatoms. The second kappa shape index (κ2) is 9.64. The topological polar surface area (TPSA) is 77.3 Å². The quantitative estimate of drug-likeness (QED) is 0.720. The Kier molecular flexibility index (Phi) is 6.72. The molecule has 0 N–H and O–H groups in total. The van der Waals surface area contributed by atoms with Crippen LogP contribution < -0.4 is 0 Å². The highest BCUT2D eigenvalue weighted by molar-refractivity contribution is 5.89. The average molecular weight is 417 g/mol. The van der Waals surface area contributed by atoms with Crippen LogP contribution in [0.3, 0.4) is 0 Å². The minimum atomic E-state index is -0.280. The molecule has 3 fully saturated rings. The van der Waals surface area contributed by atoms with Gasteiger partial charge in [-0.15, -0.1) is 0 Å². The smallest absolute Gasteiger partial charge is 0.236 e. The summed E-state index contributed by atoms with van der Waals surface area (Å²) in [5.41, 5.74) is 0. The van der Waals surface area contributed by atoms with Gasteiger partial charge in [-0.1, -0.05) is 12.8 Å². The van der Waals surface area contributed by atoms with E-state index >= 15 is 0 Å². The lowest BCUT2D eigenvalue weighted by Crippen LogP contribution is -2.53. The molecule has 30 heavy (non-hydrogen) atoms. The molecule has 3 aliphatic heterocycles. The summed E-state index contributed by atoms with van der Waals surface area (Å²) < 4.78 is 5.32. The van der Waals surface area contributed by atoms with Crippen molar-refractivity contribution in [1.29, 1.82) is 0 Å². The molecule has 3 amide bonds. The van der Waals surface area contributed by atoms with Crippen LogP contribution in [0.4, 0.5) is 0 Å². The standard InChI is InChI=1S/C22H32N4O4/c27-20-14-18(15-26(20)16-19-6-5-13-30-19)22(29)25-11-9-23(10-12-25)17-21(28)24-7-3-1-2-4-8-24/h5-6,13,18H,1-4,7-12,14-17H2. The third-order valence-electron chi connectivity index (χ3n) is 6.49. The fraction of sp³-hybridized carbons (Fsp3) is 0.682. The van der Waals surface area contributed by atoms with Gasteiger partial charge in [0.1, 0.15) is 5.76 Å². The highest BCUT2D eigenvalue weighted by atomic mass is 16.3. The summed E-state index contributed by atoms with van der Waals surface area (Å²) in [6.07, 6.45) is 6.50. The van der Waals surface area contributed by atoms with E-state index in [1.54, 1.807) is 17.2 Å². The van der Waals surface area contributed by atoms with Crippen molar-refractivity contribution in [3.8, 4) is 0 Å². The van der Waals surface area contributed by atoms with Crippen LogP contribution in [0.15, 0.2) is 22.8 Å². The van der Waals surface area contributed by atoms with Crippen LogP contribution in [0.25, 0.3) is 0 Å². The molecule has 8 nitrogen and oxygen atoms in total. The number of piperazine rings is 1. The number of hydrogen-bond donors (Lipinski definition) is 0. The predicted octanol–water partition coefficient (Wildman–Crippen LogP) is 1.17. The zero-order chi connectivity index (χ0) is 20.9. The summed E-state index contributed by atoms with van der Waals surface area (Å²) in [4.78, 5) is 45.6. The van der Waals surface area contributed by atoms with Gasteiger partial charge in [-0.2, -0.15) is 0 Å². The average Bonchev–Trinajstić information content (AvgIpc) is 3.29. The zero-order valence-corrected chi connectivity index (χ0v) is 17.6. The van der Waals surface area contributed by atoms with Crippen molar-refractivity contribution in [3.05, 3.63) is 24.2 Å². The summed E-state index contributed by atoms with van der Waals surface area (Å²) >= 11 is 0. The summed E-state index contributed by atoms with van der Waals surface area (Å²) in [5, 5.41) is 0. The Hall–Kier alpha value is -2.35. The van der Waals surface area contributed by atoms with E-state index in [4.69, 9.17) is 4.42 Å². The molecule has 0 radical (unpaired) electrons. The first-order chi connectivity index (χ1) is 14.6. The maximum absolute atomic E-state index is 12.9. The molecule has 1 atom stereocenters. The molecule has 4 heterocycles. The van der Waals surface area contributed by atoms with Gasteiger partial charge in [-0.25, -0.2) is 0 Å². The molecule has 0 saturated carbocycles. The normalized spacial score (nSPS) is 23.7. The van der Waals surface area contributed by atoms with Crippen LogP contribution in [-0.2, 0) is 20.9 Å². The first-order valence-corrected chi connectivity index (χ1v) is 11.2. The third kappa shape index (κ3) is 5.03. The molecular weight excluding hydrogens is 384 g/mol. The van der Waals surface area contributed by atoms with Crippen LogP contribution in [0, 0.1) is 5.92 Å². The fourth-order valence-corrected chi connectivity index (χ4v) is 4.68. The summed E-state index contributed by atoms with van der Waals surface area (Å²) in [6.45, 7) is 5.73. The van der Waals surface area contributed by atoms with E-state index in [0.717, 1.165) is 31.7 Å². The molecule has 1 aromatic rings. The van der Waals surface area contributed by atoms with Crippen molar-refractivity contribution >= 4 is 17.7 Å². The Labute approximate surface area is 177 Å². The van der Waals surface area contributed by atoms with Gasteiger partial charge in [-0.3, -0.25) is 19.3 Å². The van der Waals surface area contributed by atoms with Crippen molar-refractivity contribution in [3.63, 3.8) is 0 Å². The molecule has 0 spiro atoms. The lowest BCUT2D eigenvalue weighted by molar-refractivity contribution is -0.138. The van der Waals surface area contributed by atoms with Gasteiger partial charge in [0.25, 0.3) is 0 Å². The minimum Gasteiger partial charge on any atom is -0.467 e. The van der Waals surface area contributed by atoms with Gasteiger partial charge in [0.15, 0.2) is 0 Å². The third-order valence-corrected chi connectivity index (χ3v) is 6.49. The van der Waals surface area contributed by atoms with Gasteiger partial charge in [0.05, 0.1) is 25.3 Å². The second-order valence-electron chi connectivity index (χ2n) is 8.65. The van der Waals surface area contributed by atoms with Crippen LogP contribution in [-0.4, -0.2) is 89.7 Å². The number of amides is 3. The van der Waals surface area contributed by atoms with Crippen molar-refractivity contribution in [2.24, 2.45) is 5.92 Å². The van der Waals surface area contributed by atoms with Crippen LogP contribution >= 0.6 is 0 Å². The molecular formula is C22H32N4O4. The van der Waals surface area contributed by atoms with E-state index in [0.29, 0.717) is 45.8 Å². The number of rotatable bonds is 5. The number of likely N-dealkylation sites (tertiary alicyclic amines) is 2. The highest BCUT2D eigenvalue weighted by Crippen LogP contribution is 2.23. The minimum absolute atomic E-state index is 0.00596. The monoisotopic (exact) mass is 416 g/mol. The van der Waals surface area contributed by atoms with Crippen LogP contribution in [0.1, 0.15) is 37.9 Å². The van der Waals surface area contributed by atoms with Gasteiger partial charge in [0.2, 0.25) is 17.7 Å². The Bertz CT molecular complexity index is 734. The maximum atomic E-state index is 12.9. The summed E-state index contributed by atoms with van der Waals surface area (Å²) in [7, 11) is 0. The summed E-state index contributed by atoms with van der Waals surface area (Å²) in [5.74, 6) is 0.735. The van der Waals surface area contributed by atoms with Crippen molar-refractivity contribution in [1.82, 2.24) is 19.6 Å². The SMILES string of the molecule is O=C(CN1CCN(C(=O)C2CC(=O)N(Cc3ccco3)C2)CC1)N1CCCCCC1. The first kappa shape index (κ1) is 20.9. The Morgan fingerprint density at radius 2 is 1.70 bits per heavy atom. The molecule has 0 aliphatic carbocycles. The van der Waals surface area contributed by atoms with Gasteiger partial charge < -0.3 is 19.1 Å².